The molecule has 2 aromatic heterocycles. The first-order valence-electron chi connectivity index (χ1n) is 9.75. The molecule has 1 saturated heterocycles. The van der Waals surface area contributed by atoms with E-state index >= 15 is 0 Å². The molecule has 0 unspecified atom stereocenters. The Morgan fingerprint density at radius 3 is 2.20 bits per heavy atom. The molecule has 1 aromatic carbocycles. The van der Waals surface area contributed by atoms with Gasteiger partial charge in [0.05, 0.1) is 5.69 Å². The Morgan fingerprint density at radius 2 is 1.57 bits per heavy atom. The molecule has 0 amide bonds. The lowest BCUT2D eigenvalue weighted by Crippen LogP contribution is -2.48. The first kappa shape index (κ1) is 20.2. The van der Waals surface area contributed by atoms with Gasteiger partial charge in [-0.3, -0.25) is 4.98 Å². The summed E-state index contributed by atoms with van der Waals surface area (Å²) in [5, 5.41) is 9.91. The fourth-order valence-electron chi connectivity index (χ4n) is 3.27. The van der Waals surface area contributed by atoms with E-state index < -0.39 is 10.0 Å². The summed E-state index contributed by atoms with van der Waals surface area (Å²) in [5.74, 6) is 0.750. The third kappa shape index (κ3) is 4.72. The maximum atomic E-state index is 12.7. The average Bonchev–Trinajstić information content (AvgIpc) is 2.80. The number of hydrogen-bond donors (Lipinski definition) is 0. The van der Waals surface area contributed by atoms with Crippen LogP contribution in [0.1, 0.15) is 11.1 Å². The number of anilines is 1. The van der Waals surface area contributed by atoms with Crippen molar-refractivity contribution in [2.24, 2.45) is 0 Å². The smallest absolute Gasteiger partial charge is 0.236 e. The molecule has 0 atom stereocenters. The van der Waals surface area contributed by atoms with Crippen LogP contribution in [-0.2, 0) is 10.0 Å². The molecule has 1 aliphatic heterocycles. The highest BCUT2D eigenvalue weighted by atomic mass is 32.2. The van der Waals surface area contributed by atoms with E-state index in [1.165, 1.54) is 9.71 Å². The van der Waals surface area contributed by atoms with Gasteiger partial charge in [-0.05, 0) is 42.8 Å². The maximum Gasteiger partial charge on any atom is 0.236 e. The fourth-order valence-corrected chi connectivity index (χ4v) is 4.44. The number of sulfonamides is 1. The van der Waals surface area contributed by atoms with Crippen molar-refractivity contribution < 1.29 is 8.42 Å². The van der Waals surface area contributed by atoms with E-state index in [2.05, 4.69) is 20.1 Å². The number of pyridine rings is 1. The molecule has 1 aliphatic rings. The van der Waals surface area contributed by atoms with Crippen LogP contribution in [0.4, 0.5) is 5.82 Å². The van der Waals surface area contributed by atoms with Crippen LogP contribution in [0.15, 0.2) is 66.3 Å². The minimum Gasteiger partial charge on any atom is -0.352 e. The van der Waals surface area contributed by atoms with Crippen molar-refractivity contribution in [2.45, 2.75) is 6.92 Å². The molecule has 3 aromatic rings. The van der Waals surface area contributed by atoms with Gasteiger partial charge < -0.3 is 4.90 Å². The van der Waals surface area contributed by atoms with Crippen LogP contribution in [-0.4, -0.2) is 54.1 Å². The lowest BCUT2D eigenvalue weighted by atomic mass is 10.2. The van der Waals surface area contributed by atoms with Gasteiger partial charge in [0.25, 0.3) is 0 Å². The zero-order valence-corrected chi connectivity index (χ0v) is 17.5. The van der Waals surface area contributed by atoms with E-state index in [1.807, 2.05) is 55.5 Å². The van der Waals surface area contributed by atoms with Crippen LogP contribution in [0.5, 0.6) is 0 Å². The molecule has 3 heterocycles. The van der Waals surface area contributed by atoms with Crippen LogP contribution in [0.25, 0.3) is 17.3 Å². The van der Waals surface area contributed by atoms with Crippen molar-refractivity contribution in [1.29, 1.82) is 0 Å². The number of hydrogen-bond acceptors (Lipinski definition) is 6. The summed E-state index contributed by atoms with van der Waals surface area (Å²) in [6, 6.07) is 15.4. The van der Waals surface area contributed by atoms with Gasteiger partial charge in [0.2, 0.25) is 10.0 Å². The summed E-state index contributed by atoms with van der Waals surface area (Å²) in [5.41, 5.74) is 3.75. The normalized spacial score (nSPS) is 15.6. The monoisotopic (exact) mass is 421 g/mol. The summed E-state index contributed by atoms with van der Waals surface area (Å²) in [4.78, 5) is 6.06. The molecule has 8 heteroatoms. The summed E-state index contributed by atoms with van der Waals surface area (Å²) in [6.07, 6.45) is 5.08. The Morgan fingerprint density at radius 1 is 0.867 bits per heavy atom. The van der Waals surface area contributed by atoms with Crippen molar-refractivity contribution in [3.8, 4) is 11.3 Å². The Labute approximate surface area is 176 Å². The predicted octanol–water partition coefficient (Wildman–Crippen LogP) is 2.97. The topological polar surface area (TPSA) is 79.3 Å². The van der Waals surface area contributed by atoms with Crippen LogP contribution < -0.4 is 4.90 Å². The molecule has 1 fully saturated rings. The van der Waals surface area contributed by atoms with Crippen molar-refractivity contribution in [1.82, 2.24) is 19.5 Å². The predicted molar refractivity (Wildman–Crippen MR) is 118 cm³/mol. The number of rotatable bonds is 5. The zero-order valence-electron chi connectivity index (χ0n) is 16.7. The minimum atomic E-state index is -3.46. The van der Waals surface area contributed by atoms with Crippen molar-refractivity contribution in [2.75, 3.05) is 31.1 Å². The number of aromatic nitrogens is 3. The second-order valence-corrected chi connectivity index (χ2v) is 8.98. The minimum absolute atomic E-state index is 0.411. The van der Waals surface area contributed by atoms with Crippen LogP contribution in [0.3, 0.4) is 0 Å². The molecule has 0 bridgehead atoms. The molecule has 4 rings (SSSR count). The van der Waals surface area contributed by atoms with E-state index in [9.17, 15) is 8.42 Å². The molecule has 0 radical (unpaired) electrons. The van der Waals surface area contributed by atoms with Gasteiger partial charge in [0, 0.05) is 49.5 Å². The Balaban J connectivity index is 1.38. The van der Waals surface area contributed by atoms with E-state index in [0.29, 0.717) is 26.2 Å². The molecular formula is C22H23N5O2S. The highest BCUT2D eigenvalue weighted by molar-refractivity contribution is 7.92. The summed E-state index contributed by atoms with van der Waals surface area (Å²) < 4.78 is 26.8. The van der Waals surface area contributed by atoms with Crippen LogP contribution in [0.2, 0.25) is 0 Å². The molecule has 30 heavy (non-hydrogen) atoms. The molecular weight excluding hydrogens is 398 g/mol. The van der Waals surface area contributed by atoms with Gasteiger partial charge in [-0.2, -0.15) is 4.31 Å². The quantitative estimate of drug-likeness (QED) is 0.630. The molecule has 0 saturated carbocycles. The lowest BCUT2D eigenvalue weighted by molar-refractivity contribution is 0.388. The van der Waals surface area contributed by atoms with Gasteiger partial charge >= 0.3 is 0 Å². The molecule has 7 nitrogen and oxygen atoms in total. The van der Waals surface area contributed by atoms with Crippen LogP contribution in [0, 0.1) is 6.92 Å². The SMILES string of the molecule is Cc1ccc(/C=C/S(=O)(=O)N2CCN(c3ccc(-c4ccncc4)nn3)CC2)cc1. The molecule has 154 valence electrons. The van der Waals surface area contributed by atoms with Gasteiger partial charge in [0.1, 0.15) is 0 Å². The van der Waals surface area contributed by atoms with Gasteiger partial charge in [-0.1, -0.05) is 29.8 Å². The number of benzene rings is 1. The van der Waals surface area contributed by atoms with Gasteiger partial charge in [-0.15, -0.1) is 10.2 Å². The van der Waals surface area contributed by atoms with Crippen LogP contribution >= 0.6 is 0 Å². The van der Waals surface area contributed by atoms with E-state index in [1.54, 1.807) is 18.5 Å². The van der Waals surface area contributed by atoms with Gasteiger partial charge in [0.15, 0.2) is 5.82 Å². The summed E-state index contributed by atoms with van der Waals surface area (Å²) in [6.45, 7) is 3.96. The van der Waals surface area contributed by atoms with Crippen molar-refractivity contribution in [3.05, 3.63) is 77.5 Å². The molecule has 0 spiro atoms. The third-order valence-electron chi connectivity index (χ3n) is 5.06. The first-order chi connectivity index (χ1) is 14.5. The average molecular weight is 422 g/mol. The lowest BCUT2D eigenvalue weighted by Gasteiger charge is -2.33. The third-order valence-corrected chi connectivity index (χ3v) is 6.62. The Bertz CT molecular complexity index is 1110. The van der Waals surface area contributed by atoms with Crippen molar-refractivity contribution in [3.63, 3.8) is 0 Å². The Kier molecular flexibility index (Phi) is 5.87. The molecule has 0 aliphatic carbocycles. The highest BCUT2D eigenvalue weighted by Gasteiger charge is 2.25. The highest BCUT2D eigenvalue weighted by Crippen LogP contribution is 2.20. The first-order valence-corrected chi connectivity index (χ1v) is 11.3. The second-order valence-electron chi connectivity index (χ2n) is 7.16. The van der Waals surface area contributed by atoms with E-state index in [4.69, 9.17) is 0 Å². The zero-order chi connectivity index (χ0) is 21.0. The fraction of sp³-hybridized carbons (Fsp3) is 0.227. The summed E-state index contributed by atoms with van der Waals surface area (Å²) >= 11 is 0. The number of aryl methyl sites for hydroxylation is 1. The number of piperazine rings is 1. The van der Waals surface area contributed by atoms with E-state index in [0.717, 1.165) is 28.2 Å². The standard InChI is InChI=1S/C22H23N5O2S/c1-18-2-4-19(5-3-18)10-17-30(28,29)27-15-13-26(14-16-27)22-7-6-21(24-25-22)20-8-11-23-12-9-20/h2-12,17H,13-16H2,1H3/b17-10+. The molecule has 0 N–H and O–H groups in total. The maximum absolute atomic E-state index is 12.7. The van der Waals surface area contributed by atoms with Gasteiger partial charge in [-0.25, -0.2) is 8.42 Å². The summed E-state index contributed by atoms with van der Waals surface area (Å²) in [7, 11) is -3.46. The van der Waals surface area contributed by atoms with E-state index in [-0.39, 0.29) is 0 Å². The number of nitrogens with zero attached hydrogens (tertiary/aromatic N) is 5. The van der Waals surface area contributed by atoms with Crippen molar-refractivity contribution >= 4 is 21.9 Å². The Hall–Kier alpha value is -3.10. The largest absolute Gasteiger partial charge is 0.352 e. The second kappa shape index (κ2) is 8.73.